The summed E-state index contributed by atoms with van der Waals surface area (Å²) in [5.74, 6) is -2.49. The Balaban J connectivity index is 1.73. The summed E-state index contributed by atoms with van der Waals surface area (Å²) in [5, 5.41) is 3.98. The van der Waals surface area contributed by atoms with Gasteiger partial charge in [-0.2, -0.15) is 0 Å². The summed E-state index contributed by atoms with van der Waals surface area (Å²) in [7, 11) is 1.24. The highest BCUT2D eigenvalue weighted by Gasteiger charge is 2.56. The molecule has 2 amide bonds. The number of fused-ring (bicyclic) bond motifs is 1. The van der Waals surface area contributed by atoms with E-state index in [1.165, 1.54) is 19.2 Å². The van der Waals surface area contributed by atoms with Gasteiger partial charge < -0.3 is 9.57 Å². The number of oxime groups is 1. The molecule has 0 bridgehead atoms. The van der Waals surface area contributed by atoms with Crippen LogP contribution in [0.2, 0.25) is 0 Å². The van der Waals surface area contributed by atoms with Crippen molar-refractivity contribution >= 4 is 29.2 Å². The van der Waals surface area contributed by atoms with Gasteiger partial charge in [-0.1, -0.05) is 47.1 Å². The Bertz CT molecular complexity index is 980. The number of hydrogen-bond acceptors (Lipinski definition) is 6. The van der Waals surface area contributed by atoms with Crippen molar-refractivity contribution in [2.24, 2.45) is 11.1 Å². The average Bonchev–Trinajstić information content (AvgIpc) is 3.22. The largest absolute Gasteiger partial charge is 0.465 e. The van der Waals surface area contributed by atoms with E-state index < -0.39 is 29.8 Å². The van der Waals surface area contributed by atoms with Gasteiger partial charge in [-0.25, -0.2) is 9.69 Å². The molecule has 0 N–H and O–H groups in total. The van der Waals surface area contributed by atoms with Crippen LogP contribution in [0.3, 0.4) is 0 Å². The van der Waals surface area contributed by atoms with Crippen molar-refractivity contribution in [1.82, 2.24) is 0 Å². The van der Waals surface area contributed by atoms with Crippen LogP contribution in [-0.4, -0.2) is 36.7 Å². The van der Waals surface area contributed by atoms with Crippen LogP contribution < -0.4 is 4.90 Å². The topological polar surface area (TPSA) is 85.3 Å². The Labute approximate surface area is 155 Å². The van der Waals surface area contributed by atoms with Gasteiger partial charge in [0.1, 0.15) is 11.6 Å². The number of amides is 2. The molecule has 2 heterocycles. The number of benzene rings is 2. The molecule has 2 aromatic rings. The van der Waals surface area contributed by atoms with Crippen LogP contribution >= 0.6 is 0 Å². The van der Waals surface area contributed by atoms with E-state index in [4.69, 9.17) is 9.57 Å². The molecule has 7 heteroatoms. The summed E-state index contributed by atoms with van der Waals surface area (Å²) in [5.41, 5.74) is 2.52. The van der Waals surface area contributed by atoms with E-state index in [0.717, 1.165) is 16.0 Å². The lowest BCUT2D eigenvalue weighted by atomic mass is 9.93. The molecular formula is C20H16N2O5. The van der Waals surface area contributed by atoms with Gasteiger partial charge in [-0.05, 0) is 19.1 Å². The Morgan fingerprint density at radius 1 is 1.07 bits per heavy atom. The summed E-state index contributed by atoms with van der Waals surface area (Å²) in [6.45, 7) is 1.95. The molecule has 0 unspecified atom stereocenters. The van der Waals surface area contributed by atoms with E-state index in [1.807, 2.05) is 31.2 Å². The molecule has 1 fully saturated rings. The molecule has 27 heavy (non-hydrogen) atoms. The maximum absolute atomic E-state index is 13.1. The molecule has 0 radical (unpaired) electrons. The van der Waals surface area contributed by atoms with Crippen LogP contribution in [0.1, 0.15) is 21.5 Å². The Morgan fingerprint density at radius 3 is 2.48 bits per heavy atom. The monoisotopic (exact) mass is 364 g/mol. The summed E-state index contributed by atoms with van der Waals surface area (Å²) in [6, 6.07) is 13.8. The minimum Gasteiger partial charge on any atom is -0.465 e. The van der Waals surface area contributed by atoms with E-state index in [-0.39, 0.29) is 11.3 Å². The molecule has 2 atom stereocenters. The van der Waals surface area contributed by atoms with Gasteiger partial charge >= 0.3 is 5.97 Å². The van der Waals surface area contributed by atoms with Crippen molar-refractivity contribution in [3.8, 4) is 0 Å². The number of nitrogens with zero attached hydrogens (tertiary/aromatic N) is 2. The van der Waals surface area contributed by atoms with E-state index in [1.54, 1.807) is 12.1 Å². The second-order valence-corrected chi connectivity index (χ2v) is 6.37. The molecule has 136 valence electrons. The molecule has 1 saturated heterocycles. The van der Waals surface area contributed by atoms with Gasteiger partial charge in [0, 0.05) is 5.56 Å². The number of anilines is 1. The highest BCUT2D eigenvalue weighted by atomic mass is 16.6. The number of ether oxygens (including phenoxy) is 1. The van der Waals surface area contributed by atoms with E-state index in [2.05, 4.69) is 5.16 Å². The lowest BCUT2D eigenvalue weighted by Gasteiger charge is -2.18. The first kappa shape index (κ1) is 17.0. The highest BCUT2D eigenvalue weighted by molar-refractivity contribution is 6.33. The maximum atomic E-state index is 13.1. The SMILES string of the molecule is COC(=O)c1ccccc1N1C(=O)[C@@H]2C(c3ccc(C)cc3)=NO[C@H]2C1=O. The fourth-order valence-corrected chi connectivity index (χ4v) is 3.33. The number of rotatable bonds is 3. The molecule has 0 spiro atoms. The first-order valence-corrected chi connectivity index (χ1v) is 8.39. The van der Waals surface area contributed by atoms with Crippen molar-refractivity contribution < 1.29 is 24.0 Å². The number of aryl methyl sites for hydroxylation is 1. The third-order valence-electron chi connectivity index (χ3n) is 4.71. The van der Waals surface area contributed by atoms with Crippen LogP contribution in [-0.2, 0) is 19.2 Å². The number of para-hydroxylation sites is 1. The number of imide groups is 1. The fourth-order valence-electron chi connectivity index (χ4n) is 3.33. The molecule has 2 aliphatic rings. The number of methoxy groups -OCH3 is 1. The van der Waals surface area contributed by atoms with Crippen LogP contribution in [0.15, 0.2) is 53.7 Å². The van der Waals surface area contributed by atoms with Crippen LogP contribution in [0.5, 0.6) is 0 Å². The summed E-state index contributed by atoms with van der Waals surface area (Å²) in [6.07, 6.45) is -1.03. The second kappa shape index (κ2) is 6.35. The molecule has 0 aliphatic carbocycles. The third-order valence-corrected chi connectivity index (χ3v) is 4.71. The molecule has 2 aromatic carbocycles. The van der Waals surface area contributed by atoms with Gasteiger partial charge in [0.2, 0.25) is 12.0 Å². The lowest BCUT2D eigenvalue weighted by Crippen LogP contribution is -2.34. The van der Waals surface area contributed by atoms with Gasteiger partial charge in [-0.15, -0.1) is 0 Å². The van der Waals surface area contributed by atoms with Crippen molar-refractivity contribution in [1.29, 1.82) is 0 Å². The molecule has 0 aromatic heterocycles. The molecule has 2 aliphatic heterocycles. The zero-order valence-corrected chi connectivity index (χ0v) is 14.7. The summed E-state index contributed by atoms with van der Waals surface area (Å²) in [4.78, 5) is 44.3. The second-order valence-electron chi connectivity index (χ2n) is 6.37. The minimum absolute atomic E-state index is 0.135. The summed E-state index contributed by atoms with van der Waals surface area (Å²) >= 11 is 0. The lowest BCUT2D eigenvalue weighted by molar-refractivity contribution is -0.126. The van der Waals surface area contributed by atoms with Crippen molar-refractivity contribution in [2.75, 3.05) is 12.0 Å². The standard InChI is InChI=1S/C20H16N2O5/c1-11-7-9-12(10-8-11)16-15-17(27-21-16)19(24)22(18(15)23)14-6-4-3-5-13(14)20(25)26-2/h3-10,15,17H,1-2H3/t15-,17-/m1/s1. The van der Waals surface area contributed by atoms with E-state index >= 15 is 0 Å². The van der Waals surface area contributed by atoms with Gasteiger partial charge in [0.15, 0.2) is 0 Å². The van der Waals surface area contributed by atoms with Crippen LogP contribution in [0.4, 0.5) is 5.69 Å². The van der Waals surface area contributed by atoms with Crippen molar-refractivity contribution in [3.63, 3.8) is 0 Å². The number of esters is 1. The molecule has 0 saturated carbocycles. The van der Waals surface area contributed by atoms with Gasteiger partial charge in [-0.3, -0.25) is 9.59 Å². The maximum Gasteiger partial charge on any atom is 0.339 e. The predicted molar refractivity (Wildman–Crippen MR) is 96.4 cm³/mol. The van der Waals surface area contributed by atoms with Crippen LogP contribution in [0, 0.1) is 12.8 Å². The molecular weight excluding hydrogens is 348 g/mol. The first-order chi connectivity index (χ1) is 13.0. The fraction of sp³-hybridized carbons (Fsp3) is 0.200. The normalized spacial score (nSPS) is 21.0. The van der Waals surface area contributed by atoms with Gasteiger partial charge in [0.25, 0.3) is 5.91 Å². The summed E-state index contributed by atoms with van der Waals surface area (Å²) < 4.78 is 4.76. The zero-order chi connectivity index (χ0) is 19.1. The zero-order valence-electron chi connectivity index (χ0n) is 14.7. The smallest absolute Gasteiger partial charge is 0.339 e. The Hall–Kier alpha value is -3.48. The van der Waals surface area contributed by atoms with Crippen LogP contribution in [0.25, 0.3) is 0 Å². The Kier molecular flexibility index (Phi) is 3.99. The highest BCUT2D eigenvalue weighted by Crippen LogP contribution is 2.36. The minimum atomic E-state index is -1.03. The third kappa shape index (κ3) is 2.59. The first-order valence-electron chi connectivity index (χ1n) is 8.39. The number of hydrogen-bond donors (Lipinski definition) is 0. The molecule has 4 rings (SSSR count). The van der Waals surface area contributed by atoms with E-state index in [9.17, 15) is 14.4 Å². The predicted octanol–water partition coefficient (Wildman–Crippen LogP) is 2.07. The Morgan fingerprint density at radius 2 is 1.78 bits per heavy atom. The van der Waals surface area contributed by atoms with E-state index in [0.29, 0.717) is 5.71 Å². The molecule has 7 nitrogen and oxygen atoms in total. The van der Waals surface area contributed by atoms with Crippen molar-refractivity contribution in [2.45, 2.75) is 13.0 Å². The van der Waals surface area contributed by atoms with Gasteiger partial charge in [0.05, 0.1) is 18.4 Å². The van der Waals surface area contributed by atoms with Crippen molar-refractivity contribution in [3.05, 3.63) is 65.2 Å². The quantitative estimate of drug-likeness (QED) is 0.615. The number of carbonyl (C=O) groups is 3. The average molecular weight is 364 g/mol. The number of carbonyl (C=O) groups excluding carboxylic acids is 3.